The molecule has 0 spiro atoms. The molecule has 5 heteroatoms. The summed E-state index contributed by atoms with van der Waals surface area (Å²) >= 11 is 0. The monoisotopic (exact) mass is 300 g/mol. The predicted octanol–water partition coefficient (Wildman–Crippen LogP) is 2.89. The topological polar surface area (TPSA) is 51.1 Å². The molecule has 5 nitrogen and oxygen atoms in total. The standard InChI is InChI=1S/C17H24N4O/c1-11(2)7-14-9-21(5-6-22-14)17-15-12(3)8-13(4)20-16(15)18-10-19-17/h8,10-11,14H,5-7,9H2,1-4H3/t14-/m0/s1. The second-order valence-electron chi connectivity index (χ2n) is 6.54. The Balaban J connectivity index is 1.96. The predicted molar refractivity (Wildman–Crippen MR) is 88.2 cm³/mol. The second-order valence-corrected chi connectivity index (χ2v) is 6.54. The van der Waals surface area contributed by atoms with Gasteiger partial charge in [0, 0.05) is 18.8 Å². The van der Waals surface area contributed by atoms with E-state index >= 15 is 0 Å². The van der Waals surface area contributed by atoms with Gasteiger partial charge in [-0.15, -0.1) is 0 Å². The van der Waals surface area contributed by atoms with E-state index < -0.39 is 0 Å². The van der Waals surface area contributed by atoms with Crippen molar-refractivity contribution in [2.75, 3.05) is 24.6 Å². The molecule has 0 aliphatic carbocycles. The molecule has 118 valence electrons. The van der Waals surface area contributed by atoms with Crippen LogP contribution in [-0.4, -0.2) is 40.8 Å². The largest absolute Gasteiger partial charge is 0.375 e. The van der Waals surface area contributed by atoms with Crippen molar-refractivity contribution in [3.63, 3.8) is 0 Å². The normalized spacial score (nSPS) is 19.1. The first kappa shape index (κ1) is 15.2. The van der Waals surface area contributed by atoms with Crippen LogP contribution in [0.15, 0.2) is 12.4 Å². The van der Waals surface area contributed by atoms with Crippen LogP contribution in [0.5, 0.6) is 0 Å². The first-order chi connectivity index (χ1) is 10.5. The Morgan fingerprint density at radius 3 is 2.91 bits per heavy atom. The molecule has 0 amide bonds. The van der Waals surface area contributed by atoms with Crippen LogP contribution in [0.3, 0.4) is 0 Å². The van der Waals surface area contributed by atoms with Gasteiger partial charge in [-0.25, -0.2) is 15.0 Å². The van der Waals surface area contributed by atoms with Crippen LogP contribution in [0.1, 0.15) is 31.5 Å². The van der Waals surface area contributed by atoms with E-state index in [0.29, 0.717) is 5.92 Å². The van der Waals surface area contributed by atoms with Crippen molar-refractivity contribution in [3.8, 4) is 0 Å². The number of fused-ring (bicyclic) bond motifs is 1. The molecule has 1 aliphatic heterocycles. The summed E-state index contributed by atoms with van der Waals surface area (Å²) in [6, 6.07) is 2.10. The zero-order valence-electron chi connectivity index (χ0n) is 13.8. The molecule has 3 rings (SSSR count). The third kappa shape index (κ3) is 3.04. The average Bonchev–Trinajstić information content (AvgIpc) is 2.45. The van der Waals surface area contributed by atoms with Gasteiger partial charge >= 0.3 is 0 Å². The van der Waals surface area contributed by atoms with E-state index in [2.05, 4.69) is 46.7 Å². The van der Waals surface area contributed by atoms with Gasteiger partial charge in [0.15, 0.2) is 5.65 Å². The number of aromatic nitrogens is 3. The lowest BCUT2D eigenvalue weighted by Crippen LogP contribution is -2.43. The molecular formula is C17H24N4O. The molecule has 0 N–H and O–H groups in total. The molecule has 0 unspecified atom stereocenters. The van der Waals surface area contributed by atoms with E-state index in [4.69, 9.17) is 4.74 Å². The van der Waals surface area contributed by atoms with Crippen LogP contribution in [-0.2, 0) is 4.74 Å². The second kappa shape index (κ2) is 6.16. The van der Waals surface area contributed by atoms with Crippen LogP contribution < -0.4 is 4.90 Å². The van der Waals surface area contributed by atoms with Gasteiger partial charge in [0.25, 0.3) is 0 Å². The summed E-state index contributed by atoms with van der Waals surface area (Å²) in [7, 11) is 0. The van der Waals surface area contributed by atoms with Gasteiger partial charge in [0.1, 0.15) is 12.1 Å². The summed E-state index contributed by atoms with van der Waals surface area (Å²) in [6.45, 7) is 11.1. The number of morpholine rings is 1. The van der Waals surface area contributed by atoms with Gasteiger partial charge in [-0.2, -0.15) is 0 Å². The van der Waals surface area contributed by atoms with Gasteiger partial charge in [-0.1, -0.05) is 13.8 Å². The minimum atomic E-state index is 0.275. The summed E-state index contributed by atoms with van der Waals surface area (Å²) in [5.41, 5.74) is 2.97. The molecule has 0 saturated carbocycles. The number of nitrogens with zero attached hydrogens (tertiary/aromatic N) is 4. The molecule has 2 aromatic heterocycles. The maximum atomic E-state index is 5.90. The molecule has 22 heavy (non-hydrogen) atoms. The van der Waals surface area contributed by atoms with Crippen LogP contribution in [0.4, 0.5) is 5.82 Å². The minimum Gasteiger partial charge on any atom is -0.375 e. The Morgan fingerprint density at radius 1 is 1.32 bits per heavy atom. The third-order valence-corrected chi connectivity index (χ3v) is 4.08. The van der Waals surface area contributed by atoms with Gasteiger partial charge in [-0.3, -0.25) is 0 Å². The lowest BCUT2D eigenvalue weighted by molar-refractivity contribution is 0.0274. The van der Waals surface area contributed by atoms with E-state index in [1.54, 1.807) is 6.33 Å². The number of hydrogen-bond donors (Lipinski definition) is 0. The molecule has 1 aliphatic rings. The highest BCUT2D eigenvalue weighted by molar-refractivity contribution is 5.90. The Hall–Kier alpha value is -1.75. The lowest BCUT2D eigenvalue weighted by Gasteiger charge is -2.35. The SMILES string of the molecule is Cc1cc(C)c2c(N3CCO[C@@H](CC(C)C)C3)ncnc2n1. The fourth-order valence-corrected chi connectivity index (χ4v) is 3.21. The van der Waals surface area contributed by atoms with E-state index in [1.165, 1.54) is 5.56 Å². The first-order valence-corrected chi connectivity index (χ1v) is 8.00. The van der Waals surface area contributed by atoms with Gasteiger partial charge < -0.3 is 9.64 Å². The van der Waals surface area contributed by atoms with E-state index in [1.807, 2.05) is 6.92 Å². The maximum absolute atomic E-state index is 5.90. The number of anilines is 1. The highest BCUT2D eigenvalue weighted by Crippen LogP contribution is 2.27. The minimum absolute atomic E-state index is 0.275. The number of ether oxygens (including phenoxy) is 1. The van der Waals surface area contributed by atoms with Crippen molar-refractivity contribution in [2.24, 2.45) is 5.92 Å². The fourth-order valence-electron chi connectivity index (χ4n) is 3.21. The summed E-state index contributed by atoms with van der Waals surface area (Å²) in [6.07, 6.45) is 2.98. The van der Waals surface area contributed by atoms with Gasteiger partial charge in [0.05, 0.1) is 18.1 Å². The average molecular weight is 300 g/mol. The Kier molecular flexibility index (Phi) is 4.25. The van der Waals surface area contributed by atoms with Crippen molar-refractivity contribution in [3.05, 3.63) is 23.7 Å². The third-order valence-electron chi connectivity index (χ3n) is 4.08. The van der Waals surface area contributed by atoms with Crippen LogP contribution in [0.25, 0.3) is 11.0 Å². The van der Waals surface area contributed by atoms with Crippen LogP contribution >= 0.6 is 0 Å². The molecule has 1 atom stereocenters. The summed E-state index contributed by atoms with van der Waals surface area (Å²) < 4.78 is 5.90. The molecule has 0 bridgehead atoms. The van der Waals surface area contributed by atoms with Crippen molar-refractivity contribution in [1.29, 1.82) is 0 Å². The van der Waals surface area contributed by atoms with Crippen molar-refractivity contribution >= 4 is 16.9 Å². The lowest BCUT2D eigenvalue weighted by atomic mass is 10.0. The van der Waals surface area contributed by atoms with Gasteiger partial charge in [-0.05, 0) is 37.8 Å². The summed E-state index contributed by atoms with van der Waals surface area (Å²) in [4.78, 5) is 15.8. The van der Waals surface area contributed by atoms with Crippen molar-refractivity contribution in [2.45, 2.75) is 40.2 Å². The molecular weight excluding hydrogens is 276 g/mol. The van der Waals surface area contributed by atoms with E-state index in [-0.39, 0.29) is 6.10 Å². The Morgan fingerprint density at radius 2 is 2.14 bits per heavy atom. The number of hydrogen-bond acceptors (Lipinski definition) is 5. The first-order valence-electron chi connectivity index (χ1n) is 8.00. The quantitative estimate of drug-likeness (QED) is 0.872. The Bertz CT molecular complexity index is 671. The summed E-state index contributed by atoms with van der Waals surface area (Å²) in [5, 5.41) is 1.07. The van der Waals surface area contributed by atoms with Gasteiger partial charge in [0.2, 0.25) is 0 Å². The summed E-state index contributed by atoms with van der Waals surface area (Å²) in [5.74, 6) is 1.63. The zero-order valence-corrected chi connectivity index (χ0v) is 13.8. The smallest absolute Gasteiger partial charge is 0.165 e. The molecule has 0 aromatic carbocycles. The molecule has 3 heterocycles. The highest BCUT2D eigenvalue weighted by atomic mass is 16.5. The zero-order chi connectivity index (χ0) is 15.7. The highest BCUT2D eigenvalue weighted by Gasteiger charge is 2.24. The van der Waals surface area contributed by atoms with Crippen molar-refractivity contribution in [1.82, 2.24) is 15.0 Å². The number of aryl methyl sites for hydroxylation is 2. The van der Waals surface area contributed by atoms with Crippen LogP contribution in [0.2, 0.25) is 0 Å². The maximum Gasteiger partial charge on any atom is 0.165 e. The van der Waals surface area contributed by atoms with Crippen LogP contribution in [0, 0.1) is 19.8 Å². The van der Waals surface area contributed by atoms with E-state index in [0.717, 1.165) is 48.7 Å². The fraction of sp³-hybridized carbons (Fsp3) is 0.588. The number of pyridine rings is 1. The number of rotatable bonds is 3. The molecule has 2 aromatic rings. The molecule has 0 radical (unpaired) electrons. The Labute approximate surface area is 131 Å². The molecule has 1 saturated heterocycles. The molecule has 1 fully saturated rings. The van der Waals surface area contributed by atoms with Crippen molar-refractivity contribution < 1.29 is 4.74 Å². The van der Waals surface area contributed by atoms with E-state index in [9.17, 15) is 0 Å².